The minimum Gasteiger partial charge on any atom is -0.298 e. The molecule has 0 N–H and O–H groups in total. The van der Waals surface area contributed by atoms with Gasteiger partial charge < -0.3 is 0 Å². The number of Topliss-reactive ketones (excluding diaryl/α,β-unsaturated/α-hetero) is 1. The summed E-state index contributed by atoms with van der Waals surface area (Å²) in [6.07, 6.45) is 3.79. The van der Waals surface area contributed by atoms with Gasteiger partial charge in [0.2, 0.25) is 0 Å². The van der Waals surface area contributed by atoms with Crippen LogP contribution in [0.5, 0.6) is 0 Å². The summed E-state index contributed by atoms with van der Waals surface area (Å²) in [5, 5.41) is 0. The predicted molar refractivity (Wildman–Crippen MR) is 101 cm³/mol. The lowest BCUT2D eigenvalue weighted by Crippen LogP contribution is -2.55. The summed E-state index contributed by atoms with van der Waals surface area (Å²) < 4.78 is 1.11. The van der Waals surface area contributed by atoms with Crippen LogP contribution in [-0.4, -0.2) is 5.78 Å². The van der Waals surface area contributed by atoms with E-state index in [2.05, 4.69) is 72.2 Å². The molecule has 2 bridgehead atoms. The number of halogens is 1. The molecule has 2 aliphatic rings. The van der Waals surface area contributed by atoms with Crippen LogP contribution in [0.4, 0.5) is 0 Å². The Morgan fingerprint density at radius 2 is 1.83 bits per heavy atom. The van der Waals surface area contributed by atoms with Gasteiger partial charge in [0.25, 0.3) is 0 Å². The topological polar surface area (TPSA) is 17.1 Å². The highest BCUT2D eigenvalue weighted by molar-refractivity contribution is 9.10. The molecule has 1 unspecified atom stereocenters. The molecule has 124 valence electrons. The minimum absolute atomic E-state index is 0.0945. The smallest absolute Gasteiger partial charge is 0.147 e. The first-order chi connectivity index (χ1) is 11.4. The van der Waals surface area contributed by atoms with E-state index in [1.54, 1.807) is 0 Å². The molecule has 4 rings (SSSR count). The summed E-state index contributed by atoms with van der Waals surface area (Å²) in [5.74, 6) is 0.606. The van der Waals surface area contributed by atoms with Gasteiger partial charge in [-0.1, -0.05) is 66.2 Å². The van der Waals surface area contributed by atoms with Crippen molar-refractivity contribution in [3.05, 3.63) is 69.7 Å². The second-order valence-electron chi connectivity index (χ2n) is 8.16. The number of ketones is 1. The van der Waals surface area contributed by atoms with E-state index in [-0.39, 0.29) is 16.7 Å². The third kappa shape index (κ3) is 2.38. The van der Waals surface area contributed by atoms with Gasteiger partial charge in [-0.15, -0.1) is 0 Å². The predicted octanol–water partition coefficient (Wildman–Crippen LogP) is 5.49. The van der Waals surface area contributed by atoms with Gasteiger partial charge in [-0.2, -0.15) is 0 Å². The fourth-order valence-corrected chi connectivity index (χ4v) is 5.20. The molecule has 24 heavy (non-hydrogen) atoms. The third-order valence-corrected chi connectivity index (χ3v) is 6.78. The maximum Gasteiger partial charge on any atom is 0.147 e. The summed E-state index contributed by atoms with van der Waals surface area (Å²) >= 11 is 3.61. The lowest BCUT2D eigenvalue weighted by molar-refractivity contribution is -0.138. The monoisotopic (exact) mass is 382 g/mol. The molecule has 2 atom stereocenters. The standard InChI is InChI=1S/C22H23BrO/c1-21(2)10-11-22(14-15-6-4-3-5-7-15)18-9-8-17(23)12-16(18)13-19(21)20(22)24/h3-9,12,19H,10-11,13-14H2,1-2H3/t19?,22-/m1/s1. The van der Waals surface area contributed by atoms with Gasteiger partial charge in [0.1, 0.15) is 5.78 Å². The van der Waals surface area contributed by atoms with E-state index in [1.165, 1.54) is 16.7 Å². The Kier molecular flexibility index (Phi) is 3.72. The molecule has 1 nitrogen and oxygen atoms in total. The maximum atomic E-state index is 13.6. The second-order valence-corrected chi connectivity index (χ2v) is 9.07. The van der Waals surface area contributed by atoms with Gasteiger partial charge >= 0.3 is 0 Å². The zero-order valence-electron chi connectivity index (χ0n) is 14.3. The van der Waals surface area contributed by atoms with E-state index in [0.29, 0.717) is 5.78 Å². The molecule has 0 saturated heterocycles. The first kappa shape index (κ1) is 16.1. The molecule has 2 aromatic rings. The van der Waals surface area contributed by atoms with E-state index in [0.717, 1.165) is 30.2 Å². The van der Waals surface area contributed by atoms with Gasteiger partial charge in [0, 0.05) is 10.4 Å². The number of rotatable bonds is 2. The number of benzene rings is 2. The molecule has 2 aromatic carbocycles. The third-order valence-electron chi connectivity index (χ3n) is 6.28. The fourth-order valence-electron chi connectivity index (χ4n) is 4.79. The SMILES string of the molecule is CC1(C)CC[C@]2(Cc3ccccc3)C(=O)C1Cc1cc(Br)ccc12. The van der Waals surface area contributed by atoms with Crippen molar-refractivity contribution < 1.29 is 4.79 Å². The molecule has 0 spiro atoms. The first-order valence-electron chi connectivity index (χ1n) is 8.80. The zero-order chi connectivity index (χ0) is 16.9. The van der Waals surface area contributed by atoms with E-state index in [9.17, 15) is 4.79 Å². The Labute approximate surface area is 152 Å². The highest BCUT2D eigenvalue weighted by atomic mass is 79.9. The van der Waals surface area contributed by atoms with Gasteiger partial charge in [0.15, 0.2) is 0 Å². The van der Waals surface area contributed by atoms with Crippen molar-refractivity contribution >= 4 is 21.7 Å². The molecule has 0 aromatic heterocycles. The molecule has 1 fully saturated rings. The summed E-state index contributed by atoms with van der Waals surface area (Å²) in [7, 11) is 0. The van der Waals surface area contributed by atoms with Crippen molar-refractivity contribution in [2.75, 3.05) is 0 Å². The number of hydrogen-bond donors (Lipinski definition) is 0. The average Bonchev–Trinajstić information content (AvgIpc) is 2.55. The molecular formula is C22H23BrO. The van der Waals surface area contributed by atoms with E-state index >= 15 is 0 Å². The molecule has 2 aliphatic carbocycles. The highest BCUT2D eigenvalue weighted by Crippen LogP contribution is 2.54. The van der Waals surface area contributed by atoms with E-state index in [1.807, 2.05) is 6.07 Å². The zero-order valence-corrected chi connectivity index (χ0v) is 15.9. The van der Waals surface area contributed by atoms with Gasteiger partial charge in [-0.25, -0.2) is 0 Å². The first-order valence-corrected chi connectivity index (χ1v) is 9.59. The number of carbonyl (C=O) groups excluding carboxylic acids is 1. The van der Waals surface area contributed by atoms with Crippen LogP contribution in [0.25, 0.3) is 0 Å². The Balaban J connectivity index is 1.88. The van der Waals surface area contributed by atoms with Crippen LogP contribution >= 0.6 is 15.9 Å². The number of carbonyl (C=O) groups is 1. The van der Waals surface area contributed by atoms with E-state index in [4.69, 9.17) is 0 Å². The summed E-state index contributed by atoms with van der Waals surface area (Å²) in [5.41, 5.74) is 3.65. The quantitative estimate of drug-likeness (QED) is 0.670. The Morgan fingerprint density at radius 3 is 2.58 bits per heavy atom. The van der Waals surface area contributed by atoms with Crippen LogP contribution in [0.15, 0.2) is 53.0 Å². The number of fused-ring (bicyclic) bond motifs is 4. The molecule has 0 amide bonds. The molecule has 1 saturated carbocycles. The van der Waals surface area contributed by atoms with Gasteiger partial charge in [-0.05, 0) is 59.9 Å². The van der Waals surface area contributed by atoms with Crippen LogP contribution in [0.1, 0.15) is 43.4 Å². The van der Waals surface area contributed by atoms with Gasteiger partial charge in [-0.3, -0.25) is 4.79 Å². The van der Waals surface area contributed by atoms with Crippen molar-refractivity contribution in [2.45, 2.75) is 44.9 Å². The molecular weight excluding hydrogens is 360 g/mol. The van der Waals surface area contributed by atoms with Crippen molar-refractivity contribution in [3.63, 3.8) is 0 Å². The largest absolute Gasteiger partial charge is 0.298 e. The lowest BCUT2D eigenvalue weighted by atomic mass is 9.50. The minimum atomic E-state index is -0.337. The number of hydrogen-bond acceptors (Lipinski definition) is 1. The van der Waals surface area contributed by atoms with Crippen molar-refractivity contribution in [2.24, 2.45) is 11.3 Å². The van der Waals surface area contributed by atoms with E-state index < -0.39 is 0 Å². The summed E-state index contributed by atoms with van der Waals surface area (Å²) in [4.78, 5) is 13.6. The Bertz CT molecular complexity index is 793. The van der Waals surface area contributed by atoms with Crippen LogP contribution in [0.2, 0.25) is 0 Å². The Morgan fingerprint density at radius 1 is 1.08 bits per heavy atom. The lowest BCUT2D eigenvalue weighted by Gasteiger charge is -2.52. The fraction of sp³-hybridized carbons (Fsp3) is 0.409. The van der Waals surface area contributed by atoms with Gasteiger partial charge in [0.05, 0.1) is 5.41 Å². The summed E-state index contributed by atoms with van der Waals surface area (Å²) in [6.45, 7) is 4.54. The van der Waals surface area contributed by atoms with Crippen LogP contribution in [0.3, 0.4) is 0 Å². The maximum absolute atomic E-state index is 13.6. The summed E-state index contributed by atoms with van der Waals surface area (Å²) in [6, 6.07) is 17.0. The average molecular weight is 383 g/mol. The molecule has 2 heteroatoms. The van der Waals surface area contributed by atoms with Crippen molar-refractivity contribution in [3.8, 4) is 0 Å². The highest BCUT2D eigenvalue weighted by Gasteiger charge is 2.55. The normalized spacial score (nSPS) is 27.6. The van der Waals surface area contributed by atoms with Crippen LogP contribution in [0, 0.1) is 11.3 Å². The van der Waals surface area contributed by atoms with Crippen molar-refractivity contribution in [1.82, 2.24) is 0 Å². The molecule has 0 radical (unpaired) electrons. The van der Waals surface area contributed by atoms with Crippen LogP contribution < -0.4 is 0 Å². The second kappa shape index (κ2) is 5.56. The molecule has 0 aliphatic heterocycles. The molecule has 0 heterocycles. The Hall–Kier alpha value is -1.41. The van der Waals surface area contributed by atoms with Crippen LogP contribution in [-0.2, 0) is 23.1 Å². The van der Waals surface area contributed by atoms with Crippen molar-refractivity contribution in [1.29, 1.82) is 0 Å².